The molecule has 2 atom stereocenters. The second kappa shape index (κ2) is 8.34. The molecule has 1 saturated heterocycles. The fourth-order valence-electron chi connectivity index (χ4n) is 2.94. The van der Waals surface area contributed by atoms with Crippen molar-refractivity contribution in [1.82, 2.24) is 10.2 Å². The zero-order chi connectivity index (χ0) is 18.6. The number of carbonyl (C=O) groups is 3. The van der Waals surface area contributed by atoms with Crippen LogP contribution < -0.4 is 5.32 Å². The molecule has 1 heterocycles. The Labute approximate surface area is 152 Å². The lowest BCUT2D eigenvalue weighted by molar-refractivity contribution is -0.144. The number of benzene rings is 1. The number of piperidine rings is 1. The summed E-state index contributed by atoms with van der Waals surface area (Å²) < 4.78 is 0. The average Bonchev–Trinajstić information content (AvgIpc) is 2.59. The lowest BCUT2D eigenvalue weighted by Crippen LogP contribution is -2.50. The lowest BCUT2D eigenvalue weighted by atomic mass is 9.95. The third-order valence-electron chi connectivity index (χ3n) is 4.40. The molecule has 1 aromatic rings. The van der Waals surface area contributed by atoms with Crippen LogP contribution in [0.15, 0.2) is 24.3 Å². The van der Waals surface area contributed by atoms with E-state index < -0.39 is 17.9 Å². The first-order valence-electron chi connectivity index (χ1n) is 8.37. The minimum atomic E-state index is -1.05. The van der Waals surface area contributed by atoms with Crippen molar-refractivity contribution in [2.24, 2.45) is 11.8 Å². The van der Waals surface area contributed by atoms with Crippen LogP contribution in [0.3, 0.4) is 0 Å². The van der Waals surface area contributed by atoms with E-state index in [1.807, 2.05) is 0 Å². The van der Waals surface area contributed by atoms with E-state index in [9.17, 15) is 19.5 Å². The van der Waals surface area contributed by atoms with Crippen molar-refractivity contribution in [2.45, 2.75) is 32.7 Å². The zero-order valence-corrected chi connectivity index (χ0v) is 15.1. The van der Waals surface area contributed by atoms with E-state index in [0.717, 1.165) is 0 Å². The Bertz CT molecular complexity index is 645. The highest BCUT2D eigenvalue weighted by molar-refractivity contribution is 6.30. The summed E-state index contributed by atoms with van der Waals surface area (Å²) in [6.07, 6.45) is 1.34. The summed E-state index contributed by atoms with van der Waals surface area (Å²) in [5.41, 5.74) is 0.524. The molecule has 0 saturated carbocycles. The summed E-state index contributed by atoms with van der Waals surface area (Å²) in [6.45, 7) is 4.36. The number of carbonyl (C=O) groups excluding carboxylic acids is 2. The molecule has 0 spiro atoms. The van der Waals surface area contributed by atoms with Gasteiger partial charge in [0, 0.05) is 23.7 Å². The molecule has 2 unspecified atom stereocenters. The molecule has 6 nitrogen and oxygen atoms in total. The first-order chi connectivity index (χ1) is 11.8. The standard InChI is InChI=1S/C18H23ClN2O4/c1-11(2)15(18(24)25)20-16(22)13-4-3-9-21(10-13)17(23)12-5-7-14(19)8-6-12/h5-8,11,13,15H,3-4,9-10H2,1-2H3,(H,20,22)(H,24,25). The van der Waals surface area contributed by atoms with Gasteiger partial charge in [-0.05, 0) is 43.0 Å². The summed E-state index contributed by atoms with van der Waals surface area (Å²) in [5.74, 6) is -2.11. The van der Waals surface area contributed by atoms with Crippen LogP contribution in [0.25, 0.3) is 0 Å². The van der Waals surface area contributed by atoms with Gasteiger partial charge in [-0.3, -0.25) is 9.59 Å². The quantitative estimate of drug-likeness (QED) is 0.837. The SMILES string of the molecule is CC(C)C(NC(=O)C1CCCN(C(=O)c2ccc(Cl)cc2)C1)C(=O)O. The second-order valence-corrected chi connectivity index (χ2v) is 7.10. The zero-order valence-electron chi connectivity index (χ0n) is 14.4. The van der Waals surface area contributed by atoms with E-state index in [-0.39, 0.29) is 24.3 Å². The molecule has 1 aliphatic heterocycles. The van der Waals surface area contributed by atoms with Gasteiger partial charge in [0.1, 0.15) is 6.04 Å². The molecule has 2 N–H and O–H groups in total. The van der Waals surface area contributed by atoms with Crippen LogP contribution in [0.4, 0.5) is 0 Å². The van der Waals surface area contributed by atoms with Crippen molar-refractivity contribution >= 4 is 29.4 Å². The predicted octanol–water partition coefficient (Wildman–Crippen LogP) is 2.42. The molecule has 0 bridgehead atoms. The molecular weight excluding hydrogens is 344 g/mol. The summed E-state index contributed by atoms with van der Waals surface area (Å²) in [6, 6.07) is 5.71. The van der Waals surface area contributed by atoms with Gasteiger partial charge in [0.15, 0.2) is 0 Å². The van der Waals surface area contributed by atoms with Crippen LogP contribution in [0, 0.1) is 11.8 Å². The number of hydrogen-bond acceptors (Lipinski definition) is 3. The molecule has 2 rings (SSSR count). The van der Waals surface area contributed by atoms with Gasteiger partial charge < -0.3 is 15.3 Å². The van der Waals surface area contributed by atoms with Gasteiger partial charge in [0.05, 0.1) is 5.92 Å². The normalized spacial score (nSPS) is 18.7. The van der Waals surface area contributed by atoms with Crippen molar-refractivity contribution in [3.05, 3.63) is 34.9 Å². The molecular formula is C18H23ClN2O4. The maximum absolute atomic E-state index is 12.6. The lowest BCUT2D eigenvalue weighted by Gasteiger charge is -2.33. The van der Waals surface area contributed by atoms with Crippen molar-refractivity contribution in [1.29, 1.82) is 0 Å². The molecule has 0 aromatic heterocycles. The minimum Gasteiger partial charge on any atom is -0.480 e. The highest BCUT2D eigenvalue weighted by Crippen LogP contribution is 2.20. The Hall–Kier alpha value is -2.08. The highest BCUT2D eigenvalue weighted by Gasteiger charge is 2.32. The molecule has 0 radical (unpaired) electrons. The van der Waals surface area contributed by atoms with Gasteiger partial charge in [-0.25, -0.2) is 4.79 Å². The Morgan fingerprint density at radius 2 is 1.88 bits per heavy atom. The number of nitrogens with zero attached hydrogens (tertiary/aromatic N) is 1. The number of carboxylic acids is 1. The van der Waals surface area contributed by atoms with E-state index >= 15 is 0 Å². The number of halogens is 1. The smallest absolute Gasteiger partial charge is 0.326 e. The molecule has 136 valence electrons. The predicted molar refractivity (Wildman–Crippen MR) is 94.5 cm³/mol. The fraction of sp³-hybridized carbons (Fsp3) is 0.500. The van der Waals surface area contributed by atoms with Gasteiger partial charge in [-0.2, -0.15) is 0 Å². The maximum atomic E-state index is 12.6. The second-order valence-electron chi connectivity index (χ2n) is 6.67. The summed E-state index contributed by atoms with van der Waals surface area (Å²) in [5, 5.41) is 12.4. The number of nitrogens with one attached hydrogen (secondary N) is 1. The molecule has 1 aromatic carbocycles. The van der Waals surface area contributed by atoms with E-state index in [1.54, 1.807) is 43.0 Å². The van der Waals surface area contributed by atoms with E-state index in [4.69, 9.17) is 11.6 Å². The number of amides is 2. The largest absolute Gasteiger partial charge is 0.480 e. The number of hydrogen-bond donors (Lipinski definition) is 2. The Morgan fingerprint density at radius 3 is 2.44 bits per heavy atom. The summed E-state index contributed by atoms with van der Waals surface area (Å²) in [4.78, 5) is 37.9. The van der Waals surface area contributed by atoms with Gasteiger partial charge in [0.25, 0.3) is 5.91 Å². The van der Waals surface area contributed by atoms with E-state index in [2.05, 4.69) is 5.32 Å². The highest BCUT2D eigenvalue weighted by atomic mass is 35.5. The number of aliphatic carboxylic acids is 1. The van der Waals surface area contributed by atoms with Gasteiger partial charge in [-0.1, -0.05) is 25.4 Å². The van der Waals surface area contributed by atoms with Crippen LogP contribution in [0.1, 0.15) is 37.0 Å². The van der Waals surface area contributed by atoms with Gasteiger partial charge in [0.2, 0.25) is 5.91 Å². The van der Waals surface area contributed by atoms with Crippen LogP contribution >= 0.6 is 11.6 Å². The van der Waals surface area contributed by atoms with Crippen LogP contribution in [-0.4, -0.2) is 46.9 Å². The number of carboxylic acid groups (broad SMARTS) is 1. The molecule has 1 aliphatic rings. The molecule has 7 heteroatoms. The first-order valence-corrected chi connectivity index (χ1v) is 8.75. The molecule has 25 heavy (non-hydrogen) atoms. The van der Waals surface area contributed by atoms with Crippen LogP contribution in [0.2, 0.25) is 5.02 Å². The molecule has 1 fully saturated rings. The first kappa shape index (κ1) is 19.2. The van der Waals surface area contributed by atoms with Gasteiger partial charge >= 0.3 is 5.97 Å². The minimum absolute atomic E-state index is 0.146. The maximum Gasteiger partial charge on any atom is 0.326 e. The van der Waals surface area contributed by atoms with Crippen LogP contribution in [0.5, 0.6) is 0 Å². The number of rotatable bonds is 5. The topological polar surface area (TPSA) is 86.7 Å². The van der Waals surface area contributed by atoms with E-state index in [1.165, 1.54) is 0 Å². The average molecular weight is 367 g/mol. The molecule has 0 aliphatic carbocycles. The van der Waals surface area contributed by atoms with Gasteiger partial charge in [-0.15, -0.1) is 0 Å². The van der Waals surface area contributed by atoms with Crippen molar-refractivity contribution in [3.63, 3.8) is 0 Å². The summed E-state index contributed by atoms with van der Waals surface area (Å²) in [7, 11) is 0. The van der Waals surface area contributed by atoms with Crippen LogP contribution in [-0.2, 0) is 9.59 Å². The van der Waals surface area contributed by atoms with Crippen molar-refractivity contribution in [2.75, 3.05) is 13.1 Å². The van der Waals surface area contributed by atoms with Crippen molar-refractivity contribution in [3.8, 4) is 0 Å². The Morgan fingerprint density at radius 1 is 1.24 bits per heavy atom. The Balaban J connectivity index is 2.02. The summed E-state index contributed by atoms with van der Waals surface area (Å²) >= 11 is 5.84. The monoisotopic (exact) mass is 366 g/mol. The Kier molecular flexibility index (Phi) is 6.42. The molecule has 2 amide bonds. The number of likely N-dealkylation sites (tertiary alicyclic amines) is 1. The third-order valence-corrected chi connectivity index (χ3v) is 4.65. The van der Waals surface area contributed by atoms with E-state index in [0.29, 0.717) is 30.0 Å². The fourth-order valence-corrected chi connectivity index (χ4v) is 3.06. The van der Waals surface area contributed by atoms with Crippen molar-refractivity contribution < 1.29 is 19.5 Å². The third kappa shape index (κ3) is 4.95.